The number of carbonyl (C=O) groups excluding carboxylic acids is 2. The van der Waals surface area contributed by atoms with E-state index < -0.39 is 23.9 Å². The number of morpholine rings is 1. The largest absolute Gasteiger partial charge is 0.416 e. The van der Waals surface area contributed by atoms with Gasteiger partial charge in [-0.1, -0.05) is 6.07 Å². The van der Waals surface area contributed by atoms with Crippen LogP contribution in [0.1, 0.15) is 37.7 Å². The molecule has 0 saturated carbocycles. The van der Waals surface area contributed by atoms with E-state index in [1.165, 1.54) is 17.0 Å². The van der Waals surface area contributed by atoms with Crippen LogP contribution < -0.4 is 4.90 Å². The quantitative estimate of drug-likeness (QED) is 0.504. The van der Waals surface area contributed by atoms with E-state index in [4.69, 9.17) is 4.74 Å². The number of anilines is 1. The molecule has 3 aliphatic heterocycles. The molecule has 9 heteroatoms. The topological polar surface area (TPSA) is 53.1 Å². The number of halogens is 3. The maximum absolute atomic E-state index is 12.9. The van der Waals surface area contributed by atoms with Crippen molar-refractivity contribution in [2.45, 2.75) is 50.5 Å². The Morgan fingerprint density at radius 2 is 1.58 bits per heavy atom. The van der Waals surface area contributed by atoms with Gasteiger partial charge in [0.15, 0.2) is 0 Å². The van der Waals surface area contributed by atoms with Gasteiger partial charge in [0.1, 0.15) is 12.2 Å². The van der Waals surface area contributed by atoms with E-state index in [1.807, 2.05) is 4.90 Å². The van der Waals surface area contributed by atoms with Gasteiger partial charge in [-0.15, -0.1) is 0 Å². The van der Waals surface area contributed by atoms with Gasteiger partial charge in [-0.25, -0.2) is 0 Å². The van der Waals surface area contributed by atoms with Gasteiger partial charge in [-0.2, -0.15) is 13.2 Å². The van der Waals surface area contributed by atoms with E-state index in [0.29, 0.717) is 38.2 Å². The summed E-state index contributed by atoms with van der Waals surface area (Å²) >= 11 is 0. The third-order valence-electron chi connectivity index (χ3n) is 6.36. The SMILES string of the molecule is O=C1C2CCCC(O2)C(=O)N1CCCCN1CCN(c2cccc(C(F)(F)F)c2)CC1. The first-order chi connectivity index (χ1) is 14.8. The summed E-state index contributed by atoms with van der Waals surface area (Å²) in [6.07, 6.45) is -1.42. The number of ether oxygens (including phenoxy) is 1. The van der Waals surface area contributed by atoms with Crippen LogP contribution in [-0.2, 0) is 20.5 Å². The molecule has 170 valence electrons. The predicted octanol–water partition coefficient (Wildman–Crippen LogP) is 2.91. The van der Waals surface area contributed by atoms with Crippen LogP contribution in [-0.4, -0.2) is 73.1 Å². The molecule has 0 aromatic heterocycles. The van der Waals surface area contributed by atoms with Crippen molar-refractivity contribution in [3.8, 4) is 0 Å². The number of unbranched alkanes of at least 4 members (excludes halogenated alkanes) is 1. The number of carbonyl (C=O) groups is 2. The molecule has 3 heterocycles. The molecule has 2 amide bonds. The molecule has 3 fully saturated rings. The van der Waals surface area contributed by atoms with Gasteiger partial charge in [0.25, 0.3) is 11.8 Å². The van der Waals surface area contributed by atoms with Crippen LogP contribution in [0.2, 0.25) is 0 Å². The van der Waals surface area contributed by atoms with Crippen molar-refractivity contribution in [1.82, 2.24) is 9.80 Å². The number of rotatable bonds is 6. The highest BCUT2D eigenvalue weighted by atomic mass is 19.4. The Labute approximate surface area is 179 Å². The van der Waals surface area contributed by atoms with Crippen molar-refractivity contribution in [2.24, 2.45) is 0 Å². The standard InChI is InChI=1S/C22H28F3N3O3/c23-22(24,25)16-5-3-6-17(15-16)27-13-11-26(12-14-27)9-1-2-10-28-20(29)18-7-4-8-19(31-18)21(28)30/h3,5-6,15,18-19H,1-2,4,7-14H2. The van der Waals surface area contributed by atoms with Crippen LogP contribution in [0.5, 0.6) is 0 Å². The molecular formula is C22H28F3N3O3. The molecule has 1 aromatic carbocycles. The Kier molecular flexibility index (Phi) is 6.52. The highest BCUT2D eigenvalue weighted by Gasteiger charge is 2.43. The second kappa shape index (κ2) is 9.16. The summed E-state index contributed by atoms with van der Waals surface area (Å²) in [6.45, 7) is 4.16. The van der Waals surface area contributed by atoms with Crippen molar-refractivity contribution >= 4 is 17.5 Å². The normalized spacial score (nSPS) is 25.3. The number of imide groups is 1. The second-order valence-corrected chi connectivity index (χ2v) is 8.46. The third kappa shape index (κ3) is 5.03. The summed E-state index contributed by atoms with van der Waals surface area (Å²) in [5.74, 6) is -0.397. The molecule has 31 heavy (non-hydrogen) atoms. The smallest absolute Gasteiger partial charge is 0.369 e. The molecule has 3 aliphatic rings. The molecule has 3 saturated heterocycles. The number of amides is 2. The Morgan fingerprint density at radius 1 is 0.935 bits per heavy atom. The zero-order chi connectivity index (χ0) is 22.0. The van der Waals surface area contributed by atoms with Gasteiger partial charge in [0.05, 0.1) is 5.56 Å². The lowest BCUT2D eigenvalue weighted by molar-refractivity contribution is -0.182. The minimum atomic E-state index is -4.33. The molecule has 2 atom stereocenters. The third-order valence-corrected chi connectivity index (χ3v) is 6.36. The van der Waals surface area contributed by atoms with Gasteiger partial charge in [-0.05, 0) is 56.8 Å². The fourth-order valence-corrected chi connectivity index (χ4v) is 4.58. The number of alkyl halides is 3. The first-order valence-corrected chi connectivity index (χ1v) is 11.0. The number of likely N-dealkylation sites (tertiary alicyclic amines) is 1. The van der Waals surface area contributed by atoms with Crippen LogP contribution in [0.15, 0.2) is 24.3 Å². The average molecular weight is 439 g/mol. The first kappa shape index (κ1) is 22.1. The fourth-order valence-electron chi connectivity index (χ4n) is 4.58. The molecule has 0 radical (unpaired) electrons. The first-order valence-electron chi connectivity index (χ1n) is 11.0. The van der Waals surface area contributed by atoms with Gasteiger partial charge in [-0.3, -0.25) is 19.4 Å². The van der Waals surface area contributed by atoms with E-state index in [2.05, 4.69) is 4.90 Å². The van der Waals surface area contributed by atoms with Crippen LogP contribution in [0.4, 0.5) is 18.9 Å². The van der Waals surface area contributed by atoms with E-state index in [1.54, 1.807) is 6.07 Å². The molecule has 0 N–H and O–H groups in total. The van der Waals surface area contributed by atoms with Crippen LogP contribution in [0, 0.1) is 0 Å². The van der Waals surface area contributed by atoms with Gasteiger partial charge >= 0.3 is 6.18 Å². The number of nitrogens with zero attached hydrogens (tertiary/aromatic N) is 3. The number of fused-ring (bicyclic) bond motifs is 2. The summed E-state index contributed by atoms with van der Waals surface area (Å²) in [6, 6.07) is 5.47. The molecule has 6 nitrogen and oxygen atoms in total. The summed E-state index contributed by atoms with van der Waals surface area (Å²) in [4.78, 5) is 30.4. The molecule has 0 spiro atoms. The van der Waals surface area contributed by atoms with Gasteiger partial charge in [0, 0.05) is 38.4 Å². The van der Waals surface area contributed by atoms with Crippen LogP contribution in [0.3, 0.4) is 0 Å². The highest BCUT2D eigenvalue weighted by Crippen LogP contribution is 2.32. The van der Waals surface area contributed by atoms with Gasteiger partial charge in [0.2, 0.25) is 0 Å². The van der Waals surface area contributed by atoms with E-state index in [9.17, 15) is 22.8 Å². The Balaban J connectivity index is 1.20. The van der Waals surface area contributed by atoms with Crippen LogP contribution in [0.25, 0.3) is 0 Å². The fraction of sp³-hybridized carbons (Fsp3) is 0.636. The lowest BCUT2D eigenvalue weighted by Gasteiger charge is -2.39. The minimum absolute atomic E-state index is 0.198. The summed E-state index contributed by atoms with van der Waals surface area (Å²) in [7, 11) is 0. The van der Waals surface area contributed by atoms with Crippen LogP contribution >= 0.6 is 0 Å². The van der Waals surface area contributed by atoms with Crippen molar-refractivity contribution in [3.63, 3.8) is 0 Å². The summed E-state index contributed by atoms with van der Waals surface area (Å²) < 4.78 is 44.4. The zero-order valence-corrected chi connectivity index (χ0v) is 17.4. The Hall–Kier alpha value is -2.13. The maximum atomic E-state index is 12.9. The molecule has 4 rings (SSSR count). The Morgan fingerprint density at radius 3 is 2.23 bits per heavy atom. The van der Waals surface area contributed by atoms with Gasteiger partial charge < -0.3 is 9.64 Å². The lowest BCUT2D eigenvalue weighted by Crippen LogP contribution is -2.57. The van der Waals surface area contributed by atoms with Crippen molar-refractivity contribution in [3.05, 3.63) is 29.8 Å². The van der Waals surface area contributed by atoms with Crippen molar-refractivity contribution in [1.29, 1.82) is 0 Å². The molecule has 2 bridgehead atoms. The number of hydrogen-bond acceptors (Lipinski definition) is 5. The summed E-state index contributed by atoms with van der Waals surface area (Å²) in [5, 5.41) is 0. The number of piperazine rings is 1. The highest BCUT2D eigenvalue weighted by molar-refractivity contribution is 6.01. The van der Waals surface area contributed by atoms with Crippen molar-refractivity contribution < 1.29 is 27.5 Å². The molecule has 1 aromatic rings. The molecule has 2 unspecified atom stereocenters. The number of hydrogen-bond donors (Lipinski definition) is 0. The predicted molar refractivity (Wildman–Crippen MR) is 109 cm³/mol. The Bertz CT molecular complexity index is 787. The monoisotopic (exact) mass is 439 g/mol. The second-order valence-electron chi connectivity index (χ2n) is 8.46. The molecular weight excluding hydrogens is 411 g/mol. The maximum Gasteiger partial charge on any atom is 0.416 e. The van der Waals surface area contributed by atoms with E-state index >= 15 is 0 Å². The minimum Gasteiger partial charge on any atom is -0.369 e. The van der Waals surface area contributed by atoms with Crippen molar-refractivity contribution in [2.75, 3.05) is 44.2 Å². The molecule has 0 aliphatic carbocycles. The summed E-state index contributed by atoms with van der Waals surface area (Å²) in [5.41, 5.74) is -0.0202. The number of benzene rings is 1. The van der Waals surface area contributed by atoms with E-state index in [-0.39, 0.29) is 11.8 Å². The van der Waals surface area contributed by atoms with E-state index in [0.717, 1.165) is 45.0 Å². The lowest BCUT2D eigenvalue weighted by atomic mass is 9.98. The average Bonchev–Trinajstić information content (AvgIpc) is 2.77. The zero-order valence-electron chi connectivity index (χ0n) is 17.4.